The zero-order valence-electron chi connectivity index (χ0n) is 25.2. The Morgan fingerprint density at radius 2 is 1.95 bits per heavy atom. The standard InChI is InChI=1S/C31H39ClN7O4P/c1-5-29(40)35-23-16-24(26(42-2)17-25(23)39-13-10-20(11-14-39)27-19-33-12-15-43-27)37-31-34-18-21(32)30(38-31)36-22-8-6-7-9-28(22)44(3,4)41/h5-9,16-18,20,27,33H,1,10-15,19H2,2-4H3,(H,35,40)(H2,34,36,37,38). The zero-order chi connectivity index (χ0) is 31.3. The Kier molecular flexibility index (Phi) is 10.1. The monoisotopic (exact) mass is 639 g/mol. The van der Waals surface area contributed by atoms with E-state index >= 15 is 0 Å². The van der Waals surface area contributed by atoms with E-state index in [1.54, 1.807) is 26.5 Å². The summed E-state index contributed by atoms with van der Waals surface area (Å²) in [5.74, 6) is 1.30. The largest absolute Gasteiger partial charge is 0.494 e. The van der Waals surface area contributed by atoms with Gasteiger partial charge in [-0.05, 0) is 56.4 Å². The third-order valence-corrected chi connectivity index (χ3v) is 9.68. The number of nitrogens with one attached hydrogen (secondary N) is 4. The average molecular weight is 640 g/mol. The first-order valence-corrected chi connectivity index (χ1v) is 17.6. The van der Waals surface area contributed by atoms with Crippen molar-refractivity contribution >= 4 is 64.5 Å². The molecule has 0 aliphatic carbocycles. The number of amides is 1. The molecule has 1 unspecified atom stereocenters. The number of anilines is 6. The number of ether oxygens (including phenoxy) is 2. The molecule has 4 N–H and O–H groups in total. The Morgan fingerprint density at radius 1 is 1.18 bits per heavy atom. The molecule has 0 saturated carbocycles. The molecule has 2 saturated heterocycles. The molecule has 0 bridgehead atoms. The number of piperidine rings is 1. The molecule has 13 heteroatoms. The van der Waals surface area contributed by atoms with Crippen LogP contribution in [0.15, 0.2) is 55.3 Å². The highest BCUT2D eigenvalue weighted by Gasteiger charge is 2.30. The number of rotatable bonds is 10. The van der Waals surface area contributed by atoms with Crippen molar-refractivity contribution in [1.82, 2.24) is 15.3 Å². The Hall–Kier alpha value is -3.63. The molecule has 0 radical (unpaired) electrons. The molecule has 5 rings (SSSR count). The first-order chi connectivity index (χ1) is 21.2. The van der Waals surface area contributed by atoms with E-state index in [0.29, 0.717) is 44.9 Å². The fraction of sp³-hybridized carbons (Fsp3) is 0.387. The minimum absolute atomic E-state index is 0.229. The third-order valence-electron chi connectivity index (χ3n) is 7.85. The Bertz CT molecular complexity index is 1550. The van der Waals surface area contributed by atoms with Crippen molar-refractivity contribution in [1.29, 1.82) is 0 Å². The summed E-state index contributed by atoms with van der Waals surface area (Å²) in [4.78, 5) is 23.7. The highest BCUT2D eigenvalue weighted by molar-refractivity contribution is 7.70. The number of carbonyl (C=O) groups is 1. The summed E-state index contributed by atoms with van der Waals surface area (Å²) in [5, 5.41) is 13.8. The predicted molar refractivity (Wildman–Crippen MR) is 179 cm³/mol. The summed E-state index contributed by atoms with van der Waals surface area (Å²) < 4.78 is 24.7. The van der Waals surface area contributed by atoms with Crippen molar-refractivity contribution < 1.29 is 18.8 Å². The van der Waals surface area contributed by atoms with E-state index in [1.807, 2.05) is 30.3 Å². The molecule has 11 nitrogen and oxygen atoms in total. The molecule has 2 aliphatic heterocycles. The minimum Gasteiger partial charge on any atom is -0.494 e. The Morgan fingerprint density at radius 3 is 2.64 bits per heavy atom. The molecule has 234 valence electrons. The maximum atomic E-state index is 12.9. The van der Waals surface area contributed by atoms with Gasteiger partial charge in [-0.2, -0.15) is 4.98 Å². The number of carbonyl (C=O) groups excluding carboxylic acids is 1. The van der Waals surface area contributed by atoms with Crippen LogP contribution in [0.25, 0.3) is 0 Å². The van der Waals surface area contributed by atoms with Gasteiger partial charge in [0.1, 0.15) is 17.9 Å². The predicted octanol–water partition coefficient (Wildman–Crippen LogP) is 5.20. The highest BCUT2D eigenvalue weighted by atomic mass is 35.5. The van der Waals surface area contributed by atoms with Gasteiger partial charge in [-0.15, -0.1) is 0 Å². The Labute approximate surface area is 263 Å². The van der Waals surface area contributed by atoms with E-state index < -0.39 is 7.14 Å². The fourth-order valence-corrected chi connectivity index (χ4v) is 6.89. The molecule has 3 heterocycles. The summed E-state index contributed by atoms with van der Waals surface area (Å²) in [7, 11) is -0.979. The van der Waals surface area contributed by atoms with Crippen molar-refractivity contribution in [2.24, 2.45) is 5.92 Å². The van der Waals surface area contributed by atoms with Gasteiger partial charge in [0.2, 0.25) is 11.9 Å². The number of hydrogen-bond donors (Lipinski definition) is 4. The smallest absolute Gasteiger partial charge is 0.247 e. The van der Waals surface area contributed by atoms with Crippen molar-refractivity contribution in [2.45, 2.75) is 18.9 Å². The first kappa shape index (κ1) is 31.8. The lowest BCUT2D eigenvalue weighted by atomic mass is 9.90. The molecule has 3 aromatic rings. The highest BCUT2D eigenvalue weighted by Crippen LogP contribution is 2.41. The SMILES string of the molecule is C=CC(=O)Nc1cc(Nc2ncc(Cl)c(Nc3ccccc3P(C)(C)=O)n2)c(OC)cc1N1CCC(C2CNCCO2)CC1. The molecular formula is C31H39ClN7O4P. The lowest BCUT2D eigenvalue weighted by Crippen LogP contribution is -2.46. The summed E-state index contributed by atoms with van der Waals surface area (Å²) >= 11 is 6.46. The van der Waals surface area contributed by atoms with Crippen LogP contribution < -0.4 is 36.2 Å². The second-order valence-electron chi connectivity index (χ2n) is 11.2. The van der Waals surface area contributed by atoms with Crippen LogP contribution in [0.3, 0.4) is 0 Å². The van der Waals surface area contributed by atoms with E-state index in [2.05, 4.69) is 42.7 Å². The fourth-order valence-electron chi connectivity index (χ4n) is 5.59. The number of nitrogens with zero attached hydrogens (tertiary/aromatic N) is 3. The van der Waals surface area contributed by atoms with Crippen LogP contribution in [-0.2, 0) is 14.1 Å². The van der Waals surface area contributed by atoms with Gasteiger partial charge in [0.25, 0.3) is 0 Å². The van der Waals surface area contributed by atoms with Crippen LogP contribution in [0.4, 0.5) is 34.5 Å². The van der Waals surface area contributed by atoms with Gasteiger partial charge in [-0.25, -0.2) is 4.98 Å². The quantitative estimate of drug-likeness (QED) is 0.173. The zero-order valence-corrected chi connectivity index (χ0v) is 26.9. The van der Waals surface area contributed by atoms with Gasteiger partial charge in [0.05, 0.1) is 48.8 Å². The van der Waals surface area contributed by atoms with Gasteiger partial charge >= 0.3 is 0 Å². The van der Waals surface area contributed by atoms with Crippen molar-refractivity contribution in [3.8, 4) is 5.75 Å². The topological polar surface area (TPSA) is 130 Å². The van der Waals surface area contributed by atoms with Crippen molar-refractivity contribution in [2.75, 3.05) is 74.1 Å². The lowest BCUT2D eigenvalue weighted by molar-refractivity contribution is -0.111. The minimum atomic E-state index is -2.57. The van der Waals surface area contributed by atoms with Crippen LogP contribution in [-0.4, -0.2) is 75.2 Å². The van der Waals surface area contributed by atoms with Gasteiger partial charge in [-0.3, -0.25) is 4.79 Å². The summed E-state index contributed by atoms with van der Waals surface area (Å²) in [6.45, 7) is 11.2. The molecular weight excluding hydrogens is 601 g/mol. The molecule has 2 aliphatic rings. The number of methoxy groups -OCH3 is 1. The van der Waals surface area contributed by atoms with Crippen molar-refractivity contribution in [3.05, 3.63) is 60.3 Å². The van der Waals surface area contributed by atoms with Crippen LogP contribution in [0.2, 0.25) is 5.02 Å². The van der Waals surface area contributed by atoms with Gasteiger partial charge in [-0.1, -0.05) is 30.3 Å². The molecule has 0 spiro atoms. The first-order valence-electron chi connectivity index (χ1n) is 14.6. The van der Waals surface area contributed by atoms with E-state index in [0.717, 1.165) is 51.3 Å². The molecule has 2 aromatic carbocycles. The van der Waals surface area contributed by atoms with E-state index in [1.165, 1.54) is 12.3 Å². The Balaban J connectivity index is 1.41. The van der Waals surface area contributed by atoms with Gasteiger partial charge < -0.3 is 40.2 Å². The van der Waals surface area contributed by atoms with E-state index in [-0.39, 0.29) is 18.0 Å². The second kappa shape index (κ2) is 14.0. The van der Waals surface area contributed by atoms with Gasteiger partial charge in [0.15, 0.2) is 5.82 Å². The molecule has 1 amide bonds. The number of hydrogen-bond acceptors (Lipinski definition) is 10. The lowest BCUT2D eigenvalue weighted by Gasteiger charge is -2.39. The summed E-state index contributed by atoms with van der Waals surface area (Å²) in [6.07, 6.45) is 4.91. The molecule has 44 heavy (non-hydrogen) atoms. The van der Waals surface area contributed by atoms with Crippen LogP contribution in [0.1, 0.15) is 12.8 Å². The number of aromatic nitrogens is 2. The number of benzene rings is 2. The maximum Gasteiger partial charge on any atom is 0.247 e. The normalized spacial score (nSPS) is 17.5. The molecule has 2 fully saturated rings. The molecule has 1 aromatic heterocycles. The van der Waals surface area contributed by atoms with Crippen molar-refractivity contribution in [3.63, 3.8) is 0 Å². The summed E-state index contributed by atoms with van der Waals surface area (Å²) in [6, 6.07) is 11.1. The average Bonchev–Trinajstić information content (AvgIpc) is 3.03. The summed E-state index contributed by atoms with van der Waals surface area (Å²) in [5.41, 5.74) is 2.66. The molecule has 1 atom stereocenters. The van der Waals surface area contributed by atoms with E-state index in [9.17, 15) is 9.36 Å². The van der Waals surface area contributed by atoms with Crippen LogP contribution in [0.5, 0.6) is 5.75 Å². The number of morpholine rings is 1. The third kappa shape index (κ3) is 7.53. The van der Waals surface area contributed by atoms with Gasteiger partial charge in [0, 0.05) is 37.5 Å². The second-order valence-corrected chi connectivity index (χ2v) is 14.8. The maximum absolute atomic E-state index is 12.9. The van der Waals surface area contributed by atoms with Crippen LogP contribution >= 0.6 is 18.7 Å². The van der Waals surface area contributed by atoms with Crippen LogP contribution in [0, 0.1) is 5.92 Å². The number of para-hydroxylation sites is 1. The number of halogens is 1. The van der Waals surface area contributed by atoms with E-state index in [4.69, 9.17) is 21.1 Å².